The van der Waals surface area contributed by atoms with Gasteiger partial charge in [-0.25, -0.2) is 14.8 Å². The predicted molar refractivity (Wildman–Crippen MR) is 81.9 cm³/mol. The number of rotatable bonds is 3. The Morgan fingerprint density at radius 2 is 2.14 bits per heavy atom. The fourth-order valence-corrected chi connectivity index (χ4v) is 2.46. The molecule has 1 atom stereocenters. The van der Waals surface area contributed by atoms with Crippen molar-refractivity contribution in [3.05, 3.63) is 36.2 Å². The number of carboxylic acids is 1. The van der Waals surface area contributed by atoms with Gasteiger partial charge in [-0.15, -0.1) is 0 Å². The fourth-order valence-electron chi connectivity index (χ4n) is 2.46. The van der Waals surface area contributed by atoms with Crippen LogP contribution in [0.5, 0.6) is 0 Å². The van der Waals surface area contributed by atoms with Crippen molar-refractivity contribution in [1.29, 1.82) is 0 Å². The number of nitrogens with zero attached hydrogens (tertiary/aromatic N) is 4. The Morgan fingerprint density at radius 1 is 1.32 bits per heavy atom. The summed E-state index contributed by atoms with van der Waals surface area (Å²) in [5.41, 5.74) is 1.35. The first-order valence-electron chi connectivity index (χ1n) is 7.14. The van der Waals surface area contributed by atoms with Crippen molar-refractivity contribution in [2.45, 2.75) is 13.0 Å². The van der Waals surface area contributed by atoms with Gasteiger partial charge in [-0.3, -0.25) is 4.98 Å². The molecule has 1 saturated heterocycles. The molecule has 22 heavy (non-hydrogen) atoms. The number of pyridine rings is 1. The quantitative estimate of drug-likeness (QED) is 0.874. The fraction of sp³-hybridized carbons (Fsp3) is 0.333. The van der Waals surface area contributed by atoms with Gasteiger partial charge in [0.1, 0.15) is 0 Å². The minimum absolute atomic E-state index is 0.195. The highest BCUT2D eigenvalue weighted by molar-refractivity contribution is 5.88. The zero-order valence-electron chi connectivity index (χ0n) is 12.2. The van der Waals surface area contributed by atoms with Gasteiger partial charge in [-0.1, -0.05) is 0 Å². The molecule has 114 valence electrons. The molecule has 1 fully saturated rings. The first-order chi connectivity index (χ1) is 10.6. The summed E-state index contributed by atoms with van der Waals surface area (Å²) >= 11 is 0. The number of aromatic carboxylic acids is 1. The lowest BCUT2D eigenvalue weighted by atomic mass is 10.2. The number of piperazine rings is 1. The van der Waals surface area contributed by atoms with Crippen molar-refractivity contribution in [2.75, 3.05) is 24.5 Å². The standard InChI is InChI=1S/C15H17N5O2/c1-10-9-20(7-6-16-10)15-18-5-3-12(19-15)13-8-11(14(21)22)2-4-17-13/h2-5,8,10,16H,6-7,9H2,1H3,(H,21,22)/t10-/m1/s1. The maximum Gasteiger partial charge on any atom is 0.335 e. The number of hydrogen-bond donors (Lipinski definition) is 2. The molecule has 0 saturated carbocycles. The second-order valence-electron chi connectivity index (χ2n) is 5.28. The van der Waals surface area contributed by atoms with Crippen LogP contribution in [0.4, 0.5) is 5.95 Å². The number of aromatic nitrogens is 3. The maximum absolute atomic E-state index is 11.1. The summed E-state index contributed by atoms with van der Waals surface area (Å²) in [7, 11) is 0. The highest BCUT2D eigenvalue weighted by atomic mass is 16.4. The highest BCUT2D eigenvalue weighted by Gasteiger charge is 2.18. The average molecular weight is 299 g/mol. The van der Waals surface area contributed by atoms with Gasteiger partial charge in [0.25, 0.3) is 0 Å². The lowest BCUT2D eigenvalue weighted by Gasteiger charge is -2.31. The van der Waals surface area contributed by atoms with Gasteiger partial charge in [0, 0.05) is 38.1 Å². The van der Waals surface area contributed by atoms with Gasteiger partial charge in [0.15, 0.2) is 0 Å². The smallest absolute Gasteiger partial charge is 0.335 e. The second kappa shape index (κ2) is 6.07. The Hall–Kier alpha value is -2.54. The number of carboxylic acid groups (broad SMARTS) is 1. The van der Waals surface area contributed by atoms with Gasteiger partial charge in [0.2, 0.25) is 5.95 Å². The van der Waals surface area contributed by atoms with Gasteiger partial charge < -0.3 is 15.3 Å². The Balaban J connectivity index is 1.90. The Kier molecular flexibility index (Phi) is 3.97. The Morgan fingerprint density at radius 3 is 2.91 bits per heavy atom. The van der Waals surface area contributed by atoms with Crippen molar-refractivity contribution in [3.8, 4) is 11.4 Å². The molecule has 7 nitrogen and oxygen atoms in total. The number of carbonyl (C=O) groups is 1. The summed E-state index contributed by atoms with van der Waals surface area (Å²) in [4.78, 5) is 26.2. The molecule has 2 aromatic heterocycles. The van der Waals surface area contributed by atoms with E-state index in [1.165, 1.54) is 18.3 Å². The van der Waals surface area contributed by atoms with E-state index < -0.39 is 5.97 Å². The summed E-state index contributed by atoms with van der Waals surface area (Å²) in [6.45, 7) is 4.69. The van der Waals surface area contributed by atoms with Crippen LogP contribution in [0.3, 0.4) is 0 Å². The van der Waals surface area contributed by atoms with Crippen LogP contribution in [0.15, 0.2) is 30.6 Å². The summed E-state index contributed by atoms with van der Waals surface area (Å²) in [6, 6.07) is 5.11. The molecule has 0 spiro atoms. The third-order valence-corrected chi connectivity index (χ3v) is 3.56. The van der Waals surface area contributed by atoms with Crippen molar-refractivity contribution < 1.29 is 9.90 Å². The average Bonchev–Trinajstić information content (AvgIpc) is 2.55. The molecule has 3 rings (SSSR count). The molecule has 2 N–H and O–H groups in total. The predicted octanol–water partition coefficient (Wildman–Crippen LogP) is 1.03. The van der Waals surface area contributed by atoms with Crippen LogP contribution in [0.1, 0.15) is 17.3 Å². The van der Waals surface area contributed by atoms with Crippen LogP contribution >= 0.6 is 0 Å². The third kappa shape index (κ3) is 3.04. The van der Waals surface area contributed by atoms with E-state index in [9.17, 15) is 4.79 Å². The summed E-state index contributed by atoms with van der Waals surface area (Å²) in [5.74, 6) is -0.331. The van der Waals surface area contributed by atoms with E-state index in [2.05, 4.69) is 32.1 Å². The van der Waals surface area contributed by atoms with Crippen molar-refractivity contribution in [3.63, 3.8) is 0 Å². The molecule has 3 heterocycles. The lowest BCUT2D eigenvalue weighted by Crippen LogP contribution is -2.49. The second-order valence-corrected chi connectivity index (χ2v) is 5.28. The molecular formula is C15H17N5O2. The number of hydrogen-bond acceptors (Lipinski definition) is 6. The first-order valence-corrected chi connectivity index (χ1v) is 7.14. The molecule has 0 unspecified atom stereocenters. The molecule has 2 aromatic rings. The zero-order chi connectivity index (χ0) is 15.5. The van der Waals surface area contributed by atoms with E-state index >= 15 is 0 Å². The highest BCUT2D eigenvalue weighted by Crippen LogP contribution is 2.18. The Bertz CT molecular complexity index is 691. The molecule has 0 aromatic carbocycles. The third-order valence-electron chi connectivity index (χ3n) is 3.56. The molecular weight excluding hydrogens is 282 g/mol. The molecule has 1 aliphatic heterocycles. The van der Waals surface area contributed by atoms with Gasteiger partial charge in [-0.05, 0) is 25.1 Å². The van der Waals surface area contributed by atoms with Crippen LogP contribution in [0.2, 0.25) is 0 Å². The van der Waals surface area contributed by atoms with Gasteiger partial charge >= 0.3 is 5.97 Å². The van der Waals surface area contributed by atoms with E-state index in [1.54, 1.807) is 12.3 Å². The lowest BCUT2D eigenvalue weighted by molar-refractivity contribution is 0.0697. The van der Waals surface area contributed by atoms with Gasteiger partial charge in [0.05, 0.1) is 17.0 Å². The van der Waals surface area contributed by atoms with Crippen LogP contribution in [-0.4, -0.2) is 51.7 Å². The normalized spacial score (nSPS) is 18.2. The summed E-state index contributed by atoms with van der Waals surface area (Å²) in [6.07, 6.45) is 3.16. The van der Waals surface area contributed by atoms with Crippen LogP contribution < -0.4 is 10.2 Å². The Labute approximate surface area is 128 Å². The number of anilines is 1. The van der Waals surface area contributed by atoms with Gasteiger partial charge in [-0.2, -0.15) is 0 Å². The topological polar surface area (TPSA) is 91.2 Å². The van der Waals surface area contributed by atoms with Crippen molar-refractivity contribution in [2.24, 2.45) is 0 Å². The van der Waals surface area contributed by atoms with Crippen LogP contribution in [-0.2, 0) is 0 Å². The monoisotopic (exact) mass is 299 g/mol. The molecule has 0 aliphatic carbocycles. The van der Waals surface area contributed by atoms with Crippen LogP contribution in [0.25, 0.3) is 11.4 Å². The molecule has 7 heteroatoms. The largest absolute Gasteiger partial charge is 0.478 e. The SMILES string of the molecule is C[C@@H]1CN(c2nccc(-c3cc(C(=O)O)ccn3)n2)CCN1. The van der Waals surface area contributed by atoms with Crippen LogP contribution in [0, 0.1) is 0 Å². The summed E-state index contributed by atoms with van der Waals surface area (Å²) < 4.78 is 0. The molecule has 0 bridgehead atoms. The van der Waals surface area contributed by atoms with Crippen molar-refractivity contribution >= 4 is 11.9 Å². The van der Waals surface area contributed by atoms with E-state index in [0.717, 1.165) is 19.6 Å². The molecule has 0 amide bonds. The molecule has 1 aliphatic rings. The maximum atomic E-state index is 11.1. The minimum Gasteiger partial charge on any atom is -0.478 e. The van der Waals surface area contributed by atoms with E-state index in [4.69, 9.17) is 5.11 Å². The van der Waals surface area contributed by atoms with E-state index in [-0.39, 0.29) is 5.56 Å². The first kappa shape index (κ1) is 14.4. The van der Waals surface area contributed by atoms with E-state index in [1.807, 2.05) is 0 Å². The van der Waals surface area contributed by atoms with Crippen molar-refractivity contribution in [1.82, 2.24) is 20.3 Å². The summed E-state index contributed by atoms with van der Waals surface area (Å²) in [5, 5.41) is 12.4. The minimum atomic E-state index is -0.978. The van der Waals surface area contributed by atoms with E-state index in [0.29, 0.717) is 23.4 Å². The molecule has 0 radical (unpaired) electrons. The number of nitrogens with one attached hydrogen (secondary N) is 1. The zero-order valence-corrected chi connectivity index (χ0v) is 12.2.